The van der Waals surface area contributed by atoms with Gasteiger partial charge < -0.3 is 5.73 Å². The zero-order valence-electron chi connectivity index (χ0n) is 7.10. The van der Waals surface area contributed by atoms with E-state index < -0.39 is 0 Å². The van der Waals surface area contributed by atoms with E-state index in [2.05, 4.69) is 11.6 Å². The van der Waals surface area contributed by atoms with Gasteiger partial charge in [-0.15, -0.1) is 17.9 Å². The van der Waals surface area contributed by atoms with Crippen molar-refractivity contribution in [2.24, 2.45) is 5.73 Å². The molecule has 2 aromatic rings. The Kier molecular flexibility index (Phi) is 2.12. The normalized spacial score (nSPS) is 13.0. The molecule has 0 saturated heterocycles. The molecule has 0 aliphatic rings. The lowest BCUT2D eigenvalue weighted by molar-refractivity contribution is 0.902. The minimum atomic E-state index is -0.141. The van der Waals surface area contributed by atoms with Crippen LogP contribution >= 0.6 is 11.3 Å². The Balaban J connectivity index is 2.55. The Labute approximate surface area is 80.7 Å². The summed E-state index contributed by atoms with van der Waals surface area (Å²) in [5, 5.41) is 0.927. The molecule has 2 rings (SSSR count). The Morgan fingerprint density at radius 3 is 2.92 bits per heavy atom. The minimum absolute atomic E-state index is 0.141. The molecule has 3 heteroatoms. The van der Waals surface area contributed by atoms with Crippen molar-refractivity contribution in [3.63, 3.8) is 0 Å². The smallest absolute Gasteiger partial charge is 0.115 e. The first-order chi connectivity index (χ1) is 6.31. The number of nitrogens with zero attached hydrogens (tertiary/aromatic N) is 1. The summed E-state index contributed by atoms with van der Waals surface area (Å²) < 4.78 is 1.18. The number of fused-ring (bicyclic) bond motifs is 1. The fourth-order valence-electron chi connectivity index (χ4n) is 1.13. The molecular formula is C10H10N2S. The number of hydrogen-bond donors (Lipinski definition) is 1. The largest absolute Gasteiger partial charge is 0.319 e. The van der Waals surface area contributed by atoms with E-state index in [4.69, 9.17) is 5.73 Å². The van der Waals surface area contributed by atoms with Crippen molar-refractivity contribution in [2.45, 2.75) is 6.04 Å². The molecular weight excluding hydrogens is 180 g/mol. The lowest BCUT2D eigenvalue weighted by atomic mass is 10.3. The third-order valence-electron chi connectivity index (χ3n) is 1.85. The van der Waals surface area contributed by atoms with Crippen molar-refractivity contribution in [3.8, 4) is 0 Å². The number of benzene rings is 1. The van der Waals surface area contributed by atoms with Crippen molar-refractivity contribution in [2.75, 3.05) is 0 Å². The molecule has 66 valence electrons. The maximum atomic E-state index is 5.79. The van der Waals surface area contributed by atoms with Gasteiger partial charge in [0.1, 0.15) is 5.01 Å². The summed E-state index contributed by atoms with van der Waals surface area (Å²) in [6.45, 7) is 3.65. The molecule has 0 spiro atoms. The van der Waals surface area contributed by atoms with E-state index in [9.17, 15) is 0 Å². The summed E-state index contributed by atoms with van der Waals surface area (Å²) in [6.07, 6.45) is 1.71. The molecule has 0 radical (unpaired) electrons. The van der Waals surface area contributed by atoms with Crippen LogP contribution in [-0.2, 0) is 0 Å². The second-order valence-electron chi connectivity index (χ2n) is 2.78. The van der Waals surface area contributed by atoms with Crippen LogP contribution in [-0.4, -0.2) is 4.98 Å². The fraction of sp³-hybridized carbons (Fsp3) is 0.100. The van der Waals surface area contributed by atoms with Crippen LogP contribution in [0.1, 0.15) is 11.0 Å². The number of rotatable bonds is 2. The molecule has 0 aliphatic heterocycles. The van der Waals surface area contributed by atoms with E-state index >= 15 is 0 Å². The van der Waals surface area contributed by atoms with E-state index in [1.807, 2.05) is 24.3 Å². The SMILES string of the molecule is C=CC(N)c1nc2ccccc2s1. The van der Waals surface area contributed by atoms with Crippen molar-refractivity contribution in [1.29, 1.82) is 0 Å². The van der Waals surface area contributed by atoms with Crippen molar-refractivity contribution in [1.82, 2.24) is 4.98 Å². The molecule has 1 unspecified atom stereocenters. The van der Waals surface area contributed by atoms with Gasteiger partial charge in [0.25, 0.3) is 0 Å². The predicted molar refractivity (Wildman–Crippen MR) is 56.7 cm³/mol. The van der Waals surface area contributed by atoms with Gasteiger partial charge in [0.2, 0.25) is 0 Å². The maximum absolute atomic E-state index is 5.79. The molecule has 0 saturated carbocycles. The monoisotopic (exact) mass is 190 g/mol. The summed E-state index contributed by atoms with van der Waals surface area (Å²) in [6, 6.07) is 7.88. The van der Waals surface area contributed by atoms with Crippen molar-refractivity contribution >= 4 is 21.6 Å². The quantitative estimate of drug-likeness (QED) is 0.739. The van der Waals surface area contributed by atoms with Gasteiger partial charge in [-0.05, 0) is 12.1 Å². The first-order valence-corrected chi connectivity index (χ1v) is 4.86. The van der Waals surface area contributed by atoms with Gasteiger partial charge in [0, 0.05) is 0 Å². The standard InChI is InChI=1S/C10H10N2S/c1-2-7(11)10-12-8-5-3-4-6-9(8)13-10/h2-7H,1,11H2. The Morgan fingerprint density at radius 1 is 1.46 bits per heavy atom. The van der Waals surface area contributed by atoms with E-state index in [1.165, 1.54) is 4.70 Å². The Hall–Kier alpha value is -1.19. The molecule has 0 fully saturated rings. The van der Waals surface area contributed by atoms with Gasteiger partial charge in [-0.25, -0.2) is 4.98 Å². The zero-order valence-corrected chi connectivity index (χ0v) is 7.92. The highest BCUT2D eigenvalue weighted by Gasteiger charge is 2.07. The van der Waals surface area contributed by atoms with Crippen LogP contribution < -0.4 is 5.73 Å². The lowest BCUT2D eigenvalue weighted by Crippen LogP contribution is -2.05. The average Bonchev–Trinajstić information content (AvgIpc) is 2.59. The Bertz CT molecular complexity index is 400. The molecule has 0 amide bonds. The van der Waals surface area contributed by atoms with Crippen LogP contribution in [0.15, 0.2) is 36.9 Å². The van der Waals surface area contributed by atoms with Gasteiger partial charge in [0.15, 0.2) is 0 Å². The lowest BCUT2D eigenvalue weighted by Gasteiger charge is -1.97. The molecule has 0 aliphatic carbocycles. The predicted octanol–water partition coefficient (Wildman–Crippen LogP) is 2.48. The summed E-state index contributed by atoms with van der Waals surface area (Å²) >= 11 is 1.62. The van der Waals surface area contributed by atoms with E-state index in [0.717, 1.165) is 10.5 Å². The van der Waals surface area contributed by atoms with Crippen LogP contribution in [0, 0.1) is 0 Å². The molecule has 0 bridgehead atoms. The third kappa shape index (κ3) is 1.48. The maximum Gasteiger partial charge on any atom is 0.115 e. The molecule has 2 nitrogen and oxygen atoms in total. The molecule has 1 heterocycles. The number of nitrogens with two attached hydrogens (primary N) is 1. The number of hydrogen-bond acceptors (Lipinski definition) is 3. The number of thiazole rings is 1. The summed E-state index contributed by atoms with van der Waals surface area (Å²) in [5.74, 6) is 0. The first-order valence-electron chi connectivity index (χ1n) is 4.05. The Morgan fingerprint density at radius 2 is 2.23 bits per heavy atom. The first kappa shape index (κ1) is 8.41. The average molecular weight is 190 g/mol. The molecule has 1 aromatic carbocycles. The second kappa shape index (κ2) is 3.28. The number of para-hydroxylation sites is 1. The number of aromatic nitrogens is 1. The molecule has 13 heavy (non-hydrogen) atoms. The van der Waals surface area contributed by atoms with Crippen LogP contribution in [0.4, 0.5) is 0 Å². The highest BCUT2D eigenvalue weighted by Crippen LogP contribution is 2.25. The van der Waals surface area contributed by atoms with Crippen LogP contribution in [0.5, 0.6) is 0 Å². The van der Waals surface area contributed by atoms with E-state index in [-0.39, 0.29) is 6.04 Å². The van der Waals surface area contributed by atoms with Crippen LogP contribution in [0.3, 0.4) is 0 Å². The minimum Gasteiger partial charge on any atom is -0.319 e. The van der Waals surface area contributed by atoms with Gasteiger partial charge >= 0.3 is 0 Å². The van der Waals surface area contributed by atoms with E-state index in [0.29, 0.717) is 0 Å². The van der Waals surface area contributed by atoms with Gasteiger partial charge in [-0.3, -0.25) is 0 Å². The fourth-order valence-corrected chi connectivity index (χ4v) is 2.10. The van der Waals surface area contributed by atoms with Crippen LogP contribution in [0.25, 0.3) is 10.2 Å². The molecule has 2 N–H and O–H groups in total. The summed E-state index contributed by atoms with van der Waals surface area (Å²) in [5.41, 5.74) is 6.80. The van der Waals surface area contributed by atoms with Gasteiger partial charge in [-0.1, -0.05) is 18.2 Å². The summed E-state index contributed by atoms with van der Waals surface area (Å²) in [4.78, 5) is 4.41. The topological polar surface area (TPSA) is 38.9 Å². The third-order valence-corrected chi connectivity index (χ3v) is 2.99. The van der Waals surface area contributed by atoms with Gasteiger partial charge in [-0.2, -0.15) is 0 Å². The van der Waals surface area contributed by atoms with Gasteiger partial charge in [0.05, 0.1) is 16.3 Å². The van der Waals surface area contributed by atoms with Crippen molar-refractivity contribution < 1.29 is 0 Å². The molecule has 1 atom stereocenters. The van der Waals surface area contributed by atoms with Crippen molar-refractivity contribution in [3.05, 3.63) is 41.9 Å². The molecule has 1 aromatic heterocycles. The van der Waals surface area contributed by atoms with E-state index in [1.54, 1.807) is 17.4 Å². The highest BCUT2D eigenvalue weighted by atomic mass is 32.1. The zero-order chi connectivity index (χ0) is 9.26. The highest BCUT2D eigenvalue weighted by molar-refractivity contribution is 7.18. The summed E-state index contributed by atoms with van der Waals surface area (Å²) in [7, 11) is 0. The second-order valence-corrected chi connectivity index (χ2v) is 3.84. The van der Waals surface area contributed by atoms with Crippen LogP contribution in [0.2, 0.25) is 0 Å².